The summed E-state index contributed by atoms with van der Waals surface area (Å²) >= 11 is 0. The third-order valence-electron chi connectivity index (χ3n) is 6.75. The molecule has 0 aromatic heterocycles. The predicted molar refractivity (Wildman–Crippen MR) is 106 cm³/mol. The normalized spacial score (nSPS) is 28.9. The van der Waals surface area contributed by atoms with Crippen molar-refractivity contribution in [2.45, 2.75) is 50.6 Å². The fraction of sp³-hybridized carbons (Fsp3) is 0.500. The summed E-state index contributed by atoms with van der Waals surface area (Å²) in [5, 5.41) is 0. The van der Waals surface area contributed by atoms with E-state index in [4.69, 9.17) is 9.47 Å². The van der Waals surface area contributed by atoms with E-state index in [0.29, 0.717) is 6.04 Å². The van der Waals surface area contributed by atoms with Crippen molar-refractivity contribution in [2.24, 2.45) is 11.8 Å². The van der Waals surface area contributed by atoms with E-state index >= 15 is 0 Å². The third kappa shape index (κ3) is 3.69. The van der Waals surface area contributed by atoms with Gasteiger partial charge in [-0.05, 0) is 35.8 Å². The van der Waals surface area contributed by atoms with E-state index in [-0.39, 0.29) is 5.79 Å². The molecule has 1 spiro atoms. The van der Waals surface area contributed by atoms with E-state index in [1.54, 1.807) is 0 Å². The highest BCUT2D eigenvalue weighted by Crippen LogP contribution is 2.53. The molecule has 3 aliphatic rings. The van der Waals surface area contributed by atoms with Gasteiger partial charge in [-0.3, -0.25) is 4.90 Å². The maximum atomic E-state index is 5.99. The quantitative estimate of drug-likeness (QED) is 0.774. The Morgan fingerprint density at radius 1 is 0.741 bits per heavy atom. The molecule has 5 rings (SSSR count). The van der Waals surface area contributed by atoms with Gasteiger partial charge >= 0.3 is 0 Å². The molecule has 3 heteroatoms. The van der Waals surface area contributed by atoms with Gasteiger partial charge in [0.05, 0.1) is 13.2 Å². The Morgan fingerprint density at radius 3 is 1.70 bits per heavy atom. The third-order valence-corrected chi connectivity index (χ3v) is 6.75. The minimum absolute atomic E-state index is 0.232. The van der Waals surface area contributed by atoms with Crippen LogP contribution in [0, 0.1) is 11.8 Å². The summed E-state index contributed by atoms with van der Waals surface area (Å²) in [6.45, 7) is 3.60. The number of fused-ring (bicyclic) bond motifs is 1. The fourth-order valence-corrected chi connectivity index (χ4v) is 5.54. The minimum Gasteiger partial charge on any atom is -0.348 e. The summed E-state index contributed by atoms with van der Waals surface area (Å²) in [7, 11) is 0. The van der Waals surface area contributed by atoms with Crippen molar-refractivity contribution < 1.29 is 9.47 Å². The molecule has 142 valence electrons. The van der Waals surface area contributed by atoms with Crippen LogP contribution in [0.5, 0.6) is 0 Å². The van der Waals surface area contributed by atoms with Gasteiger partial charge < -0.3 is 9.47 Å². The highest BCUT2D eigenvalue weighted by atomic mass is 16.7. The molecular formula is C24H29NO2. The first kappa shape index (κ1) is 17.4. The topological polar surface area (TPSA) is 21.7 Å². The van der Waals surface area contributed by atoms with Crippen molar-refractivity contribution in [1.82, 2.24) is 4.90 Å². The number of ether oxygens (including phenoxy) is 2. The molecule has 0 bridgehead atoms. The molecule has 1 aliphatic heterocycles. The molecule has 1 heterocycles. The van der Waals surface area contributed by atoms with Crippen molar-refractivity contribution in [3.8, 4) is 0 Å². The van der Waals surface area contributed by atoms with Gasteiger partial charge in [0.1, 0.15) is 0 Å². The van der Waals surface area contributed by atoms with Gasteiger partial charge in [0.25, 0.3) is 0 Å². The first-order valence-electron chi connectivity index (χ1n) is 10.4. The molecule has 3 atom stereocenters. The smallest absolute Gasteiger partial charge is 0.169 e. The summed E-state index contributed by atoms with van der Waals surface area (Å²) in [5.74, 6) is 1.27. The van der Waals surface area contributed by atoms with Gasteiger partial charge in [-0.1, -0.05) is 60.7 Å². The van der Waals surface area contributed by atoms with E-state index in [2.05, 4.69) is 65.6 Å². The maximum absolute atomic E-state index is 5.99. The van der Waals surface area contributed by atoms with Crippen molar-refractivity contribution in [3.63, 3.8) is 0 Å². The number of hydrogen-bond donors (Lipinski definition) is 0. The molecule has 2 aromatic rings. The number of rotatable bonds is 5. The summed E-state index contributed by atoms with van der Waals surface area (Å²) < 4.78 is 12.0. The monoisotopic (exact) mass is 363 g/mol. The average Bonchev–Trinajstić information content (AvgIpc) is 3.39. The van der Waals surface area contributed by atoms with Gasteiger partial charge in [-0.15, -0.1) is 0 Å². The molecule has 1 unspecified atom stereocenters. The van der Waals surface area contributed by atoms with E-state index in [1.165, 1.54) is 24.0 Å². The van der Waals surface area contributed by atoms with Crippen LogP contribution in [0.25, 0.3) is 0 Å². The molecule has 0 amide bonds. The van der Waals surface area contributed by atoms with Crippen molar-refractivity contribution in [1.29, 1.82) is 0 Å². The van der Waals surface area contributed by atoms with Crippen molar-refractivity contribution >= 4 is 0 Å². The van der Waals surface area contributed by atoms with Gasteiger partial charge in [0.2, 0.25) is 0 Å². The van der Waals surface area contributed by atoms with Gasteiger partial charge in [0.15, 0.2) is 5.79 Å². The molecule has 2 aromatic carbocycles. The molecule has 27 heavy (non-hydrogen) atoms. The molecule has 3 fully saturated rings. The standard InChI is InChI=1S/C24H29NO2/c1-3-7-19(8-4-1)17-25(18-20-9-5-2-6-10-20)23-13-21-15-24(16-22(21)14-23)26-11-12-27-24/h1-10,21-23H,11-18H2/t21-,22+,23?. The fourth-order valence-electron chi connectivity index (χ4n) is 5.54. The predicted octanol–water partition coefficient (Wildman–Crippen LogP) is 4.62. The lowest BCUT2D eigenvalue weighted by Gasteiger charge is -2.31. The van der Waals surface area contributed by atoms with Crippen LogP contribution in [-0.4, -0.2) is 29.9 Å². The Labute approximate surface area is 162 Å². The molecule has 0 radical (unpaired) electrons. The van der Waals surface area contributed by atoms with E-state index in [9.17, 15) is 0 Å². The van der Waals surface area contributed by atoms with Crippen LogP contribution in [0.1, 0.15) is 36.8 Å². The van der Waals surface area contributed by atoms with E-state index in [0.717, 1.165) is 51.0 Å². The van der Waals surface area contributed by atoms with E-state index < -0.39 is 0 Å². The zero-order valence-electron chi connectivity index (χ0n) is 15.9. The van der Waals surface area contributed by atoms with Crippen LogP contribution < -0.4 is 0 Å². The summed E-state index contributed by atoms with van der Waals surface area (Å²) in [6.07, 6.45) is 4.75. The van der Waals surface area contributed by atoms with Crippen LogP contribution in [0.3, 0.4) is 0 Å². The molecular weight excluding hydrogens is 334 g/mol. The molecule has 1 saturated heterocycles. The van der Waals surface area contributed by atoms with Crippen LogP contribution in [-0.2, 0) is 22.6 Å². The second-order valence-electron chi connectivity index (χ2n) is 8.54. The van der Waals surface area contributed by atoms with E-state index in [1.807, 2.05) is 0 Å². The lowest BCUT2D eigenvalue weighted by atomic mass is 10.0. The first-order chi connectivity index (χ1) is 13.3. The number of benzene rings is 2. The highest BCUT2D eigenvalue weighted by Gasteiger charge is 2.53. The van der Waals surface area contributed by atoms with Gasteiger partial charge in [-0.2, -0.15) is 0 Å². The lowest BCUT2D eigenvalue weighted by molar-refractivity contribution is -0.156. The molecule has 3 nitrogen and oxygen atoms in total. The first-order valence-corrected chi connectivity index (χ1v) is 10.4. The summed E-state index contributed by atoms with van der Waals surface area (Å²) in [6, 6.07) is 22.5. The van der Waals surface area contributed by atoms with Crippen molar-refractivity contribution in [2.75, 3.05) is 13.2 Å². The van der Waals surface area contributed by atoms with Crippen LogP contribution in [0.2, 0.25) is 0 Å². The molecule has 2 aliphatic carbocycles. The Morgan fingerprint density at radius 2 is 1.22 bits per heavy atom. The second-order valence-corrected chi connectivity index (χ2v) is 8.54. The number of nitrogens with zero attached hydrogens (tertiary/aromatic N) is 1. The second kappa shape index (κ2) is 7.38. The zero-order chi connectivity index (χ0) is 18.1. The number of hydrogen-bond acceptors (Lipinski definition) is 3. The average molecular weight is 364 g/mol. The van der Waals surface area contributed by atoms with Crippen LogP contribution >= 0.6 is 0 Å². The SMILES string of the molecule is c1ccc(CN(Cc2ccccc2)C2C[C@@H]3CC4(C[C@@H]3C2)OCCO4)cc1. The molecule has 2 saturated carbocycles. The Balaban J connectivity index is 1.31. The Bertz CT molecular complexity index is 684. The summed E-state index contributed by atoms with van der Waals surface area (Å²) in [4.78, 5) is 2.70. The van der Waals surface area contributed by atoms with Gasteiger partial charge in [0, 0.05) is 32.0 Å². The summed E-state index contributed by atoms with van der Waals surface area (Å²) in [5.41, 5.74) is 2.81. The highest BCUT2D eigenvalue weighted by molar-refractivity contribution is 5.18. The van der Waals surface area contributed by atoms with Crippen molar-refractivity contribution in [3.05, 3.63) is 71.8 Å². The Hall–Kier alpha value is -1.68. The largest absolute Gasteiger partial charge is 0.348 e. The minimum atomic E-state index is -0.232. The Kier molecular flexibility index (Phi) is 4.76. The zero-order valence-corrected chi connectivity index (χ0v) is 15.9. The molecule has 0 N–H and O–H groups in total. The van der Waals surface area contributed by atoms with Crippen LogP contribution in [0.4, 0.5) is 0 Å². The van der Waals surface area contributed by atoms with Crippen LogP contribution in [0.15, 0.2) is 60.7 Å². The maximum Gasteiger partial charge on any atom is 0.169 e. The van der Waals surface area contributed by atoms with Gasteiger partial charge in [-0.25, -0.2) is 0 Å². The lowest BCUT2D eigenvalue weighted by Crippen LogP contribution is -2.34.